The molecule has 1 aromatic carbocycles. The van der Waals surface area contributed by atoms with Gasteiger partial charge in [0.15, 0.2) is 5.69 Å². The fourth-order valence-corrected chi connectivity index (χ4v) is 2.81. The highest BCUT2D eigenvalue weighted by molar-refractivity contribution is 5.88. The number of aliphatic hydroxyl groups excluding tert-OH is 1. The molecule has 0 aliphatic carbocycles. The summed E-state index contributed by atoms with van der Waals surface area (Å²) in [6.45, 7) is 4.12. The van der Waals surface area contributed by atoms with Crippen LogP contribution in [0.15, 0.2) is 36.5 Å². The van der Waals surface area contributed by atoms with E-state index >= 15 is 0 Å². The lowest BCUT2D eigenvalue weighted by Crippen LogP contribution is -2.22. The summed E-state index contributed by atoms with van der Waals surface area (Å²) in [6, 6.07) is 9.66. The first-order valence-electron chi connectivity index (χ1n) is 7.89. The van der Waals surface area contributed by atoms with Crippen LogP contribution in [0.4, 0.5) is 0 Å². The van der Waals surface area contributed by atoms with Crippen molar-refractivity contribution in [3.63, 3.8) is 0 Å². The number of aliphatic hydroxyl groups is 1. The highest BCUT2D eigenvalue weighted by atomic mass is 16.5. The summed E-state index contributed by atoms with van der Waals surface area (Å²) in [5, 5.41) is 14.1. The number of β-amino-alcohol motifs (C(OH)–C–C–N with tert-alkyl or cyclic N) is 1. The van der Waals surface area contributed by atoms with Gasteiger partial charge in [0.05, 0.1) is 18.4 Å². The average molecular weight is 315 g/mol. The van der Waals surface area contributed by atoms with Crippen LogP contribution in [0.5, 0.6) is 0 Å². The van der Waals surface area contributed by atoms with Gasteiger partial charge in [0.25, 0.3) is 0 Å². The van der Waals surface area contributed by atoms with Gasteiger partial charge < -0.3 is 9.84 Å². The Balaban J connectivity index is 1.89. The number of ether oxygens (including phenoxy) is 1. The highest BCUT2D eigenvalue weighted by Gasteiger charge is 2.24. The molecule has 6 nitrogen and oxygen atoms in total. The summed E-state index contributed by atoms with van der Waals surface area (Å²) in [4.78, 5) is 14.3. The van der Waals surface area contributed by atoms with Crippen molar-refractivity contribution in [1.82, 2.24) is 14.7 Å². The number of rotatable bonds is 5. The van der Waals surface area contributed by atoms with Crippen LogP contribution in [0.3, 0.4) is 0 Å². The van der Waals surface area contributed by atoms with Gasteiger partial charge in [0, 0.05) is 31.4 Å². The zero-order chi connectivity index (χ0) is 16.2. The molecule has 3 rings (SSSR count). The van der Waals surface area contributed by atoms with Crippen LogP contribution in [-0.2, 0) is 11.3 Å². The monoisotopic (exact) mass is 315 g/mol. The molecule has 0 saturated carbocycles. The first-order valence-corrected chi connectivity index (χ1v) is 7.89. The van der Waals surface area contributed by atoms with E-state index in [0.717, 1.165) is 24.2 Å². The van der Waals surface area contributed by atoms with Gasteiger partial charge in [-0.2, -0.15) is 5.10 Å². The number of hydrogen-bond donors (Lipinski definition) is 1. The first kappa shape index (κ1) is 15.7. The van der Waals surface area contributed by atoms with E-state index in [9.17, 15) is 9.90 Å². The summed E-state index contributed by atoms with van der Waals surface area (Å²) >= 11 is 0. The van der Waals surface area contributed by atoms with Crippen LogP contribution in [0.2, 0.25) is 0 Å². The predicted molar refractivity (Wildman–Crippen MR) is 85.4 cm³/mol. The minimum Gasteiger partial charge on any atom is -0.461 e. The van der Waals surface area contributed by atoms with E-state index in [1.54, 1.807) is 11.6 Å². The summed E-state index contributed by atoms with van der Waals surface area (Å²) in [7, 11) is 0. The minimum absolute atomic E-state index is 0.287. The number of carbonyl (C=O) groups excluding carboxylic acids is 1. The standard InChI is InChI=1S/C17H21N3O3/c1-2-23-17(22)16-13(10-19-9-8-15(21)12-19)11-20(18-16)14-6-4-3-5-7-14/h3-7,11,15,21H,2,8-10,12H2,1H3/t15-/m1/s1. The molecule has 0 amide bonds. The molecule has 1 fully saturated rings. The molecular formula is C17H21N3O3. The number of para-hydroxylation sites is 1. The second kappa shape index (κ2) is 6.93. The molecular weight excluding hydrogens is 294 g/mol. The van der Waals surface area contributed by atoms with Crippen molar-refractivity contribution in [2.24, 2.45) is 0 Å². The molecule has 0 bridgehead atoms. The van der Waals surface area contributed by atoms with Crippen molar-refractivity contribution in [3.05, 3.63) is 47.8 Å². The van der Waals surface area contributed by atoms with Gasteiger partial charge >= 0.3 is 5.97 Å². The number of benzene rings is 1. The summed E-state index contributed by atoms with van der Waals surface area (Å²) in [5.41, 5.74) is 2.06. The van der Waals surface area contributed by atoms with Crippen molar-refractivity contribution in [2.75, 3.05) is 19.7 Å². The molecule has 1 aliphatic heterocycles. The molecule has 0 spiro atoms. The third-order valence-corrected chi connectivity index (χ3v) is 3.92. The molecule has 122 valence electrons. The maximum atomic E-state index is 12.2. The van der Waals surface area contributed by atoms with Gasteiger partial charge in [-0.3, -0.25) is 4.90 Å². The Labute approximate surface area is 135 Å². The van der Waals surface area contributed by atoms with Crippen molar-refractivity contribution < 1.29 is 14.6 Å². The summed E-state index contributed by atoms with van der Waals surface area (Å²) < 4.78 is 6.82. The molecule has 2 aromatic rings. The zero-order valence-electron chi connectivity index (χ0n) is 13.2. The van der Waals surface area contributed by atoms with Gasteiger partial charge in [-0.1, -0.05) is 18.2 Å². The van der Waals surface area contributed by atoms with Gasteiger partial charge in [0.1, 0.15) is 0 Å². The Morgan fingerprint density at radius 1 is 1.39 bits per heavy atom. The fraction of sp³-hybridized carbons (Fsp3) is 0.412. The van der Waals surface area contributed by atoms with Crippen LogP contribution in [0.25, 0.3) is 5.69 Å². The van der Waals surface area contributed by atoms with Gasteiger partial charge in [-0.25, -0.2) is 9.48 Å². The van der Waals surface area contributed by atoms with Crippen molar-refractivity contribution >= 4 is 5.97 Å². The van der Waals surface area contributed by atoms with E-state index < -0.39 is 5.97 Å². The average Bonchev–Trinajstić information content (AvgIpc) is 3.15. The van der Waals surface area contributed by atoms with Crippen LogP contribution in [-0.4, -0.2) is 51.6 Å². The number of aromatic nitrogens is 2. The number of esters is 1. The van der Waals surface area contributed by atoms with Crippen LogP contribution in [0, 0.1) is 0 Å². The molecule has 6 heteroatoms. The van der Waals surface area contributed by atoms with Crippen molar-refractivity contribution in [3.8, 4) is 5.69 Å². The maximum Gasteiger partial charge on any atom is 0.359 e. The fourth-order valence-electron chi connectivity index (χ4n) is 2.81. The highest BCUT2D eigenvalue weighted by Crippen LogP contribution is 2.18. The lowest BCUT2D eigenvalue weighted by molar-refractivity contribution is 0.0516. The van der Waals surface area contributed by atoms with Crippen molar-refractivity contribution in [2.45, 2.75) is 26.0 Å². The molecule has 1 saturated heterocycles. The summed E-state index contributed by atoms with van der Waals surface area (Å²) in [6.07, 6.45) is 2.35. The molecule has 1 aliphatic rings. The maximum absolute atomic E-state index is 12.2. The van der Waals surface area contributed by atoms with Crippen LogP contribution < -0.4 is 0 Å². The molecule has 1 atom stereocenters. The third-order valence-electron chi connectivity index (χ3n) is 3.92. The number of carbonyl (C=O) groups is 1. The smallest absolute Gasteiger partial charge is 0.359 e. The molecule has 23 heavy (non-hydrogen) atoms. The summed E-state index contributed by atoms with van der Waals surface area (Å²) in [5.74, 6) is -0.406. The number of hydrogen-bond acceptors (Lipinski definition) is 5. The molecule has 1 N–H and O–H groups in total. The van der Waals surface area contributed by atoms with E-state index in [-0.39, 0.29) is 6.10 Å². The van der Waals surface area contributed by atoms with Gasteiger partial charge in [0.2, 0.25) is 0 Å². The Morgan fingerprint density at radius 2 is 2.17 bits per heavy atom. The second-order valence-electron chi connectivity index (χ2n) is 5.68. The second-order valence-corrected chi connectivity index (χ2v) is 5.68. The lowest BCUT2D eigenvalue weighted by Gasteiger charge is -2.14. The SMILES string of the molecule is CCOC(=O)c1nn(-c2ccccc2)cc1CN1CC[C@@H](O)C1. The van der Waals surface area contributed by atoms with E-state index in [0.29, 0.717) is 25.4 Å². The quantitative estimate of drug-likeness (QED) is 0.849. The lowest BCUT2D eigenvalue weighted by atomic mass is 10.2. The normalized spacial score (nSPS) is 18.3. The molecule has 0 radical (unpaired) electrons. The van der Waals surface area contributed by atoms with E-state index in [2.05, 4.69) is 10.00 Å². The topological polar surface area (TPSA) is 67.6 Å². The number of likely N-dealkylation sites (tertiary alicyclic amines) is 1. The third kappa shape index (κ3) is 3.60. The van der Waals surface area contributed by atoms with E-state index in [4.69, 9.17) is 4.74 Å². The van der Waals surface area contributed by atoms with Crippen LogP contribution in [0.1, 0.15) is 29.4 Å². The Hall–Kier alpha value is -2.18. The Kier molecular flexibility index (Phi) is 4.73. The van der Waals surface area contributed by atoms with Gasteiger partial charge in [-0.05, 0) is 25.5 Å². The Morgan fingerprint density at radius 3 is 2.83 bits per heavy atom. The molecule has 2 heterocycles. The minimum atomic E-state index is -0.406. The zero-order valence-corrected chi connectivity index (χ0v) is 13.2. The Bertz CT molecular complexity index is 669. The number of nitrogens with zero attached hydrogens (tertiary/aromatic N) is 3. The van der Waals surface area contributed by atoms with E-state index in [1.807, 2.05) is 36.5 Å². The van der Waals surface area contributed by atoms with Crippen molar-refractivity contribution in [1.29, 1.82) is 0 Å². The first-order chi connectivity index (χ1) is 11.2. The van der Waals surface area contributed by atoms with E-state index in [1.165, 1.54) is 0 Å². The molecule has 0 unspecified atom stereocenters. The largest absolute Gasteiger partial charge is 0.461 e. The van der Waals surface area contributed by atoms with Crippen LogP contribution >= 0.6 is 0 Å². The predicted octanol–water partition coefficient (Wildman–Crippen LogP) is 1.62. The molecule has 1 aromatic heterocycles. The van der Waals surface area contributed by atoms with Gasteiger partial charge in [-0.15, -0.1) is 0 Å².